The van der Waals surface area contributed by atoms with Crippen LogP contribution in [0.25, 0.3) is 0 Å². The molecular weight excluding hydrogens is 696 g/mol. The van der Waals surface area contributed by atoms with Gasteiger partial charge < -0.3 is 74.4 Å². The van der Waals surface area contributed by atoms with Gasteiger partial charge in [-0.1, -0.05) is 27.7 Å². The number of aliphatic hydroxyl groups excluding tert-OH is 9. The summed E-state index contributed by atoms with van der Waals surface area (Å²) in [5, 5.41) is 98.1. The molecular formula is C38H62O15. The monoisotopic (exact) mass is 758 g/mol. The van der Waals surface area contributed by atoms with Crippen molar-refractivity contribution in [2.45, 2.75) is 170 Å². The molecule has 0 aromatic carbocycles. The average Bonchev–Trinajstić information content (AvgIpc) is 3.58. The van der Waals surface area contributed by atoms with Crippen LogP contribution >= 0.6 is 0 Å². The van der Waals surface area contributed by atoms with Crippen LogP contribution < -0.4 is 0 Å². The molecule has 0 aromatic rings. The van der Waals surface area contributed by atoms with E-state index in [1.807, 2.05) is 6.92 Å². The lowest BCUT2D eigenvalue weighted by Crippen LogP contribution is -2.76. The van der Waals surface area contributed by atoms with Crippen molar-refractivity contribution in [2.24, 2.45) is 46.3 Å². The van der Waals surface area contributed by atoms with E-state index in [-0.39, 0.29) is 54.6 Å². The molecule has 8 rings (SSSR count). The van der Waals surface area contributed by atoms with Crippen LogP contribution in [0.5, 0.6) is 0 Å². The van der Waals surface area contributed by atoms with Gasteiger partial charge in [-0.05, 0) is 73.5 Å². The van der Waals surface area contributed by atoms with E-state index in [0.717, 1.165) is 32.1 Å². The minimum absolute atomic E-state index is 0.0334. The first-order valence-corrected chi connectivity index (χ1v) is 20.0. The number of hydrogen-bond acceptors (Lipinski definition) is 15. The molecule has 23 atom stereocenters. The van der Waals surface area contributed by atoms with Gasteiger partial charge in [0.05, 0.1) is 38.1 Å². The topological polar surface area (TPSA) is 237 Å². The minimum Gasteiger partial charge on any atom is -0.394 e. The number of ether oxygens (including phenoxy) is 6. The third kappa shape index (κ3) is 5.62. The summed E-state index contributed by atoms with van der Waals surface area (Å²) in [5.74, 6) is 0.778. The Morgan fingerprint density at radius 2 is 1.49 bits per heavy atom. The van der Waals surface area contributed by atoms with E-state index in [0.29, 0.717) is 24.9 Å². The van der Waals surface area contributed by atoms with Gasteiger partial charge in [0.1, 0.15) is 54.4 Å². The Kier molecular flexibility index (Phi) is 10.2. The SMILES string of the molecule is CC1CCC2(OC1)OC1CC3C4CCC5(O[C@H]6OC[C@H](O)[C@H](O)[C@@H]6O)[C@@H](O)[C@@H](O[C@@H]6O[C@H](CO)[C@@H](O)[C@H](O)[C@H]6O)C[C@@H](O)C5(C)C4CCC3(C)C1C2C. The van der Waals surface area contributed by atoms with Crippen molar-refractivity contribution in [1.82, 2.24) is 0 Å². The van der Waals surface area contributed by atoms with Crippen LogP contribution in [0.3, 0.4) is 0 Å². The summed E-state index contributed by atoms with van der Waals surface area (Å²) in [7, 11) is 0. The number of aliphatic hydroxyl groups is 9. The molecule has 1 spiro atoms. The first kappa shape index (κ1) is 39.2. The Balaban J connectivity index is 1.10. The summed E-state index contributed by atoms with van der Waals surface area (Å²) in [4.78, 5) is 0. The van der Waals surface area contributed by atoms with Crippen LogP contribution in [0.15, 0.2) is 0 Å². The summed E-state index contributed by atoms with van der Waals surface area (Å²) >= 11 is 0. The van der Waals surface area contributed by atoms with Gasteiger partial charge in [-0.2, -0.15) is 0 Å². The highest BCUT2D eigenvalue weighted by Crippen LogP contribution is 2.72. The zero-order valence-electron chi connectivity index (χ0n) is 31.2. The molecule has 11 unspecified atom stereocenters. The van der Waals surface area contributed by atoms with Crippen molar-refractivity contribution in [3.05, 3.63) is 0 Å². The van der Waals surface area contributed by atoms with Crippen molar-refractivity contribution >= 4 is 0 Å². The van der Waals surface area contributed by atoms with Gasteiger partial charge in [-0.15, -0.1) is 0 Å². The molecule has 4 aliphatic heterocycles. The maximum atomic E-state index is 12.5. The molecule has 304 valence electrons. The second-order valence-electron chi connectivity index (χ2n) is 18.5. The van der Waals surface area contributed by atoms with Gasteiger partial charge in [0.2, 0.25) is 0 Å². The van der Waals surface area contributed by atoms with E-state index in [4.69, 9.17) is 28.4 Å². The molecule has 8 fully saturated rings. The number of fused-ring (bicyclic) bond motifs is 7. The zero-order chi connectivity index (χ0) is 38.0. The zero-order valence-corrected chi connectivity index (χ0v) is 31.2. The molecule has 15 nitrogen and oxygen atoms in total. The highest BCUT2D eigenvalue weighted by molar-refractivity contribution is 5.22. The fraction of sp³-hybridized carbons (Fsp3) is 1.00. The van der Waals surface area contributed by atoms with Crippen LogP contribution in [0, 0.1) is 46.3 Å². The third-order valence-electron chi connectivity index (χ3n) is 16.2. The van der Waals surface area contributed by atoms with Gasteiger partial charge in [-0.3, -0.25) is 0 Å². The van der Waals surface area contributed by atoms with E-state index in [2.05, 4.69) is 20.8 Å². The van der Waals surface area contributed by atoms with Crippen molar-refractivity contribution in [1.29, 1.82) is 0 Å². The molecule has 0 aromatic heterocycles. The maximum absolute atomic E-state index is 12.5. The lowest BCUT2D eigenvalue weighted by atomic mass is 9.41. The maximum Gasteiger partial charge on any atom is 0.187 e. The average molecular weight is 759 g/mol. The minimum atomic E-state index is -1.73. The van der Waals surface area contributed by atoms with E-state index in [9.17, 15) is 46.0 Å². The second kappa shape index (κ2) is 13.8. The lowest BCUT2D eigenvalue weighted by molar-refractivity contribution is -0.392. The molecule has 0 bridgehead atoms. The van der Waals surface area contributed by atoms with Crippen molar-refractivity contribution in [2.75, 3.05) is 19.8 Å². The molecule has 4 aliphatic carbocycles. The summed E-state index contributed by atoms with van der Waals surface area (Å²) in [6.45, 7) is 8.54. The van der Waals surface area contributed by atoms with E-state index >= 15 is 0 Å². The predicted molar refractivity (Wildman–Crippen MR) is 181 cm³/mol. The molecule has 9 N–H and O–H groups in total. The van der Waals surface area contributed by atoms with Gasteiger partial charge in [0.25, 0.3) is 0 Å². The van der Waals surface area contributed by atoms with Crippen molar-refractivity contribution in [3.63, 3.8) is 0 Å². The van der Waals surface area contributed by atoms with E-state index in [1.54, 1.807) is 0 Å². The van der Waals surface area contributed by atoms with Crippen molar-refractivity contribution < 1.29 is 74.4 Å². The summed E-state index contributed by atoms with van der Waals surface area (Å²) < 4.78 is 37.7. The van der Waals surface area contributed by atoms with Gasteiger partial charge in [0, 0.05) is 24.2 Å². The second-order valence-corrected chi connectivity index (χ2v) is 18.5. The summed E-state index contributed by atoms with van der Waals surface area (Å²) in [6, 6.07) is 0. The van der Waals surface area contributed by atoms with Crippen molar-refractivity contribution in [3.8, 4) is 0 Å². The molecule has 4 saturated carbocycles. The van der Waals surface area contributed by atoms with Crippen LogP contribution in [0.4, 0.5) is 0 Å². The Morgan fingerprint density at radius 1 is 0.755 bits per heavy atom. The van der Waals surface area contributed by atoms with Crippen LogP contribution in [0.2, 0.25) is 0 Å². The first-order chi connectivity index (χ1) is 25.0. The van der Waals surface area contributed by atoms with E-state index in [1.165, 1.54) is 0 Å². The largest absolute Gasteiger partial charge is 0.394 e. The molecule has 15 heteroatoms. The van der Waals surface area contributed by atoms with Crippen LogP contribution in [0.1, 0.15) is 79.1 Å². The number of rotatable bonds is 5. The fourth-order valence-electron chi connectivity index (χ4n) is 13.1. The normalized spacial score (nSPS) is 61.0. The Bertz CT molecular complexity index is 1330. The highest BCUT2D eigenvalue weighted by atomic mass is 16.7. The predicted octanol–water partition coefficient (Wildman–Crippen LogP) is -0.862. The smallest absolute Gasteiger partial charge is 0.187 e. The Labute approximate surface area is 310 Å². The quantitative estimate of drug-likeness (QED) is 0.155. The fourth-order valence-corrected chi connectivity index (χ4v) is 13.1. The molecule has 53 heavy (non-hydrogen) atoms. The molecule has 0 radical (unpaired) electrons. The molecule has 8 aliphatic rings. The van der Waals surface area contributed by atoms with E-state index < -0.39 is 97.0 Å². The number of hydrogen-bond donors (Lipinski definition) is 9. The summed E-state index contributed by atoms with van der Waals surface area (Å²) in [6.07, 6.45) is -12.5. The molecule has 4 heterocycles. The molecule has 4 saturated heterocycles. The Hall–Kier alpha value is -0.600. The Morgan fingerprint density at radius 3 is 2.19 bits per heavy atom. The van der Waals surface area contributed by atoms with Gasteiger partial charge >= 0.3 is 0 Å². The van der Waals surface area contributed by atoms with Gasteiger partial charge in [0.15, 0.2) is 18.4 Å². The summed E-state index contributed by atoms with van der Waals surface area (Å²) in [5.41, 5.74) is -2.76. The standard InChI is InChI=1S/C38H62O15/c1-16-5-10-38(49-14-16)17(2)26-22(52-38)11-20-18-6-9-37(53-33-30(45)27(42)21(40)15-48-33)32(47)23(50-34-31(46)29(44)28(43)24(13-39)51-34)12-25(41)36(37,4)19(18)7-8-35(20,26)3/h16-34,39-47H,5-15H2,1-4H3/t16?,17?,18?,19?,20?,21-,22?,23-,24+,25+,26?,27-,28+,29-,30-,31+,32-,33+,34+,35?,36?,37?,38?/m0/s1. The molecule has 0 amide bonds. The lowest BCUT2D eigenvalue weighted by Gasteiger charge is -2.68. The van der Waals surface area contributed by atoms with Gasteiger partial charge in [-0.25, -0.2) is 0 Å². The third-order valence-corrected chi connectivity index (χ3v) is 16.2. The highest BCUT2D eigenvalue weighted by Gasteiger charge is 2.75. The first-order valence-electron chi connectivity index (χ1n) is 20.0. The van der Waals surface area contributed by atoms with Crippen LogP contribution in [-0.4, -0.2) is 157 Å². The van der Waals surface area contributed by atoms with Crippen LogP contribution in [-0.2, 0) is 28.4 Å².